The topological polar surface area (TPSA) is 89.5 Å². The molecular formula is C13H16ClNO5S. The molecular weight excluding hydrogens is 318 g/mol. The van der Waals surface area contributed by atoms with Crippen molar-refractivity contribution < 1.29 is 22.7 Å². The Labute approximate surface area is 128 Å². The van der Waals surface area contributed by atoms with E-state index >= 15 is 0 Å². The molecule has 1 rings (SSSR count). The number of methoxy groups -OCH3 is 1. The molecule has 1 aromatic rings. The van der Waals surface area contributed by atoms with Crippen LogP contribution >= 0.6 is 11.6 Å². The van der Waals surface area contributed by atoms with Crippen LogP contribution in [-0.2, 0) is 24.2 Å². The molecule has 1 N–H and O–H groups in total. The molecule has 21 heavy (non-hydrogen) atoms. The van der Waals surface area contributed by atoms with Gasteiger partial charge in [0.25, 0.3) is 0 Å². The molecule has 0 aliphatic rings. The van der Waals surface area contributed by atoms with Crippen molar-refractivity contribution in [1.82, 2.24) is 0 Å². The minimum Gasteiger partial charge on any atom is -0.469 e. The van der Waals surface area contributed by atoms with E-state index in [0.29, 0.717) is 10.7 Å². The van der Waals surface area contributed by atoms with E-state index in [1.54, 1.807) is 24.3 Å². The molecule has 0 heterocycles. The quantitative estimate of drug-likeness (QED) is 0.799. The second kappa shape index (κ2) is 7.42. The van der Waals surface area contributed by atoms with Crippen LogP contribution in [0.3, 0.4) is 0 Å². The maximum Gasteiger partial charge on any atom is 0.306 e. The first kappa shape index (κ1) is 17.5. The van der Waals surface area contributed by atoms with Crippen molar-refractivity contribution in [3.05, 3.63) is 29.3 Å². The summed E-state index contributed by atoms with van der Waals surface area (Å²) in [4.78, 5) is 22.8. The molecule has 0 spiro atoms. The van der Waals surface area contributed by atoms with E-state index in [1.807, 2.05) is 0 Å². The molecule has 1 unspecified atom stereocenters. The summed E-state index contributed by atoms with van der Waals surface area (Å²) in [5.74, 6) is -2.01. The average Bonchev–Trinajstić information content (AvgIpc) is 2.40. The number of carbonyl (C=O) groups excluding carboxylic acids is 2. The van der Waals surface area contributed by atoms with Gasteiger partial charge >= 0.3 is 5.97 Å². The molecule has 0 radical (unpaired) electrons. The Hall–Kier alpha value is -1.60. The third kappa shape index (κ3) is 5.73. The highest BCUT2D eigenvalue weighted by molar-refractivity contribution is 7.92. The van der Waals surface area contributed by atoms with E-state index in [9.17, 15) is 18.0 Å². The zero-order valence-electron chi connectivity index (χ0n) is 11.6. The fourth-order valence-electron chi connectivity index (χ4n) is 1.50. The smallest absolute Gasteiger partial charge is 0.306 e. The van der Waals surface area contributed by atoms with Crippen molar-refractivity contribution in [3.8, 4) is 0 Å². The van der Waals surface area contributed by atoms with Crippen molar-refractivity contribution in [2.45, 2.75) is 18.6 Å². The molecule has 1 aromatic carbocycles. The fourth-order valence-corrected chi connectivity index (χ4v) is 2.74. The first-order valence-electron chi connectivity index (χ1n) is 6.08. The van der Waals surface area contributed by atoms with Gasteiger partial charge in [-0.1, -0.05) is 11.6 Å². The van der Waals surface area contributed by atoms with Crippen molar-refractivity contribution in [3.63, 3.8) is 0 Å². The van der Waals surface area contributed by atoms with Crippen molar-refractivity contribution in [1.29, 1.82) is 0 Å². The summed E-state index contributed by atoms with van der Waals surface area (Å²) >= 11 is 5.71. The lowest BCUT2D eigenvalue weighted by Crippen LogP contribution is -2.31. The van der Waals surface area contributed by atoms with Crippen LogP contribution in [0.5, 0.6) is 0 Å². The Bertz CT molecular complexity index is 612. The summed E-state index contributed by atoms with van der Waals surface area (Å²) in [5, 5.41) is 1.98. The fraction of sp³-hybridized carbons (Fsp3) is 0.385. The van der Waals surface area contributed by atoms with Crippen LogP contribution < -0.4 is 5.32 Å². The number of carbonyl (C=O) groups is 2. The predicted molar refractivity (Wildman–Crippen MR) is 80.0 cm³/mol. The van der Waals surface area contributed by atoms with Gasteiger partial charge in [0.05, 0.1) is 18.8 Å². The van der Waals surface area contributed by atoms with E-state index in [4.69, 9.17) is 11.6 Å². The van der Waals surface area contributed by atoms with E-state index in [-0.39, 0.29) is 6.42 Å². The second-order valence-corrected chi connectivity index (χ2v) is 7.31. The van der Waals surface area contributed by atoms with Gasteiger partial charge in [-0.3, -0.25) is 9.59 Å². The number of anilines is 1. The summed E-state index contributed by atoms with van der Waals surface area (Å²) in [7, 11) is -2.56. The molecule has 0 bridgehead atoms. The molecule has 1 amide bonds. The Morgan fingerprint density at radius 2 is 1.86 bits per heavy atom. The minimum absolute atomic E-state index is 0.285. The molecule has 0 aliphatic heterocycles. The van der Waals surface area contributed by atoms with Crippen LogP contribution in [0.1, 0.15) is 13.3 Å². The van der Waals surface area contributed by atoms with Crippen LogP contribution in [-0.4, -0.2) is 38.4 Å². The highest BCUT2D eigenvalue weighted by atomic mass is 35.5. The Morgan fingerprint density at radius 3 is 2.38 bits per heavy atom. The van der Waals surface area contributed by atoms with Crippen molar-refractivity contribution >= 4 is 39.0 Å². The van der Waals surface area contributed by atoms with Gasteiger partial charge in [-0.2, -0.15) is 0 Å². The summed E-state index contributed by atoms with van der Waals surface area (Å²) < 4.78 is 28.3. The van der Waals surface area contributed by atoms with Gasteiger partial charge in [0.2, 0.25) is 5.91 Å². The van der Waals surface area contributed by atoms with E-state index in [0.717, 1.165) is 0 Å². The zero-order chi connectivity index (χ0) is 16.0. The molecule has 0 saturated heterocycles. The van der Waals surface area contributed by atoms with Crippen LogP contribution in [0.15, 0.2) is 24.3 Å². The number of benzene rings is 1. The van der Waals surface area contributed by atoms with Crippen molar-refractivity contribution in [2.75, 3.05) is 18.2 Å². The van der Waals surface area contributed by atoms with Crippen LogP contribution in [0.2, 0.25) is 5.02 Å². The lowest BCUT2D eigenvalue weighted by atomic mass is 10.3. The second-order valence-electron chi connectivity index (χ2n) is 4.45. The lowest BCUT2D eigenvalue weighted by Gasteiger charge is -2.11. The number of halogens is 1. The number of esters is 1. The van der Waals surface area contributed by atoms with Crippen LogP contribution in [0.4, 0.5) is 5.69 Å². The standard InChI is InChI=1S/C13H16ClNO5S/c1-9(7-13(17)20-2)21(18,19)8-12(16)15-11-5-3-10(14)4-6-11/h3-6,9H,7-8H2,1-2H3,(H,15,16). The normalized spacial score (nSPS) is 12.5. The highest BCUT2D eigenvalue weighted by Crippen LogP contribution is 2.14. The van der Waals surface area contributed by atoms with Gasteiger partial charge in [0.1, 0.15) is 5.75 Å². The number of amides is 1. The Morgan fingerprint density at radius 1 is 1.29 bits per heavy atom. The number of sulfone groups is 1. The maximum atomic E-state index is 11.9. The summed E-state index contributed by atoms with van der Waals surface area (Å²) in [6.45, 7) is 1.36. The van der Waals surface area contributed by atoms with Gasteiger partial charge in [-0.05, 0) is 31.2 Å². The molecule has 6 nitrogen and oxygen atoms in total. The predicted octanol–water partition coefficient (Wildman–Crippen LogP) is 1.64. The SMILES string of the molecule is COC(=O)CC(C)S(=O)(=O)CC(=O)Nc1ccc(Cl)cc1. The molecule has 8 heteroatoms. The first-order chi connectivity index (χ1) is 9.74. The average molecular weight is 334 g/mol. The van der Waals surface area contributed by atoms with Gasteiger partial charge in [-0.25, -0.2) is 8.42 Å². The van der Waals surface area contributed by atoms with Gasteiger partial charge in [0, 0.05) is 10.7 Å². The Kier molecular flexibility index (Phi) is 6.17. The summed E-state index contributed by atoms with van der Waals surface area (Å²) in [6.07, 6.45) is -0.285. The third-order valence-electron chi connectivity index (χ3n) is 2.76. The summed E-state index contributed by atoms with van der Waals surface area (Å²) in [5.41, 5.74) is 0.445. The van der Waals surface area contributed by atoms with Crippen molar-refractivity contribution in [2.24, 2.45) is 0 Å². The van der Waals surface area contributed by atoms with Crippen LogP contribution in [0, 0.1) is 0 Å². The zero-order valence-corrected chi connectivity index (χ0v) is 13.2. The van der Waals surface area contributed by atoms with E-state index < -0.39 is 32.7 Å². The number of ether oxygens (including phenoxy) is 1. The van der Waals surface area contributed by atoms with Crippen LogP contribution in [0.25, 0.3) is 0 Å². The number of hydrogen-bond acceptors (Lipinski definition) is 5. The third-order valence-corrected chi connectivity index (χ3v) is 5.06. The maximum absolute atomic E-state index is 11.9. The molecule has 0 aliphatic carbocycles. The number of nitrogens with one attached hydrogen (secondary N) is 1. The van der Waals surface area contributed by atoms with E-state index in [1.165, 1.54) is 14.0 Å². The number of hydrogen-bond donors (Lipinski definition) is 1. The molecule has 116 valence electrons. The summed E-state index contributed by atoms with van der Waals surface area (Å²) in [6, 6.07) is 6.27. The monoisotopic (exact) mass is 333 g/mol. The molecule has 0 aromatic heterocycles. The number of rotatable bonds is 6. The van der Waals surface area contributed by atoms with Gasteiger partial charge in [0.15, 0.2) is 9.84 Å². The Balaban J connectivity index is 2.64. The van der Waals surface area contributed by atoms with Gasteiger partial charge < -0.3 is 10.1 Å². The largest absolute Gasteiger partial charge is 0.469 e. The molecule has 1 atom stereocenters. The highest BCUT2D eigenvalue weighted by Gasteiger charge is 2.26. The minimum atomic E-state index is -3.73. The van der Waals surface area contributed by atoms with E-state index in [2.05, 4.69) is 10.1 Å². The first-order valence-corrected chi connectivity index (χ1v) is 8.17. The molecule has 0 saturated carbocycles. The lowest BCUT2D eigenvalue weighted by molar-refractivity contribution is -0.140. The van der Waals surface area contributed by atoms with Gasteiger partial charge in [-0.15, -0.1) is 0 Å². The molecule has 0 fully saturated rings.